The number of carbonyl (C=O) groups is 1. The molecule has 0 atom stereocenters. The van der Waals surface area contributed by atoms with Gasteiger partial charge in [0.05, 0.1) is 28.7 Å². The lowest BCUT2D eigenvalue weighted by Crippen LogP contribution is -2.15. The van der Waals surface area contributed by atoms with Gasteiger partial charge >= 0.3 is 5.97 Å². The molecule has 0 spiro atoms. The van der Waals surface area contributed by atoms with Gasteiger partial charge in [0.25, 0.3) is 0 Å². The number of hydrogen-bond donors (Lipinski definition) is 1. The number of nitrogens with zero attached hydrogens (tertiary/aromatic N) is 4. The number of rotatable bonds is 6. The van der Waals surface area contributed by atoms with E-state index < -0.39 is 16.0 Å². The lowest BCUT2D eigenvalue weighted by Gasteiger charge is -2.20. The van der Waals surface area contributed by atoms with Crippen molar-refractivity contribution in [3.05, 3.63) is 71.9 Å². The van der Waals surface area contributed by atoms with Crippen molar-refractivity contribution >= 4 is 38.7 Å². The van der Waals surface area contributed by atoms with Crippen LogP contribution >= 0.6 is 0 Å². The van der Waals surface area contributed by atoms with Crippen molar-refractivity contribution in [1.29, 1.82) is 0 Å². The Morgan fingerprint density at radius 2 is 1.85 bits per heavy atom. The highest BCUT2D eigenvalue weighted by Gasteiger charge is 2.25. The zero-order chi connectivity index (χ0) is 23.0. The largest absolute Gasteiger partial charge is 0.478 e. The highest BCUT2D eigenvalue weighted by atomic mass is 32.2. The number of imidazole rings is 1. The molecule has 1 fully saturated rings. The van der Waals surface area contributed by atoms with Crippen LogP contribution in [0.4, 0.5) is 0 Å². The van der Waals surface area contributed by atoms with Crippen LogP contribution in [0.1, 0.15) is 55.1 Å². The number of carboxylic acids is 1. The van der Waals surface area contributed by atoms with Gasteiger partial charge in [0.1, 0.15) is 5.82 Å². The maximum absolute atomic E-state index is 13.2. The molecule has 170 valence electrons. The lowest BCUT2D eigenvalue weighted by atomic mass is 9.89. The maximum atomic E-state index is 13.2. The molecule has 0 aliphatic heterocycles. The van der Waals surface area contributed by atoms with Crippen molar-refractivity contribution < 1.29 is 18.3 Å². The van der Waals surface area contributed by atoms with Crippen molar-refractivity contribution in [3.63, 3.8) is 0 Å². The molecule has 3 aromatic heterocycles. The monoisotopic (exact) mass is 464 g/mol. The van der Waals surface area contributed by atoms with Crippen molar-refractivity contribution in [3.8, 4) is 0 Å². The molecule has 1 N–H and O–H groups in total. The van der Waals surface area contributed by atoms with E-state index in [-0.39, 0.29) is 11.7 Å². The van der Waals surface area contributed by atoms with Crippen LogP contribution in [0.25, 0.3) is 22.8 Å². The first-order chi connectivity index (χ1) is 15.9. The van der Waals surface area contributed by atoms with Crippen LogP contribution < -0.4 is 0 Å². The molecule has 4 aromatic rings. The van der Waals surface area contributed by atoms with E-state index in [4.69, 9.17) is 10.1 Å². The fraction of sp³-hybridized carbons (Fsp3) is 0.292. The summed E-state index contributed by atoms with van der Waals surface area (Å²) in [6, 6.07) is 10.8. The zero-order valence-corrected chi connectivity index (χ0v) is 18.8. The van der Waals surface area contributed by atoms with Gasteiger partial charge < -0.3 is 5.11 Å². The summed E-state index contributed by atoms with van der Waals surface area (Å²) in [4.78, 5) is 20.3. The van der Waals surface area contributed by atoms with E-state index in [0.29, 0.717) is 27.9 Å². The van der Waals surface area contributed by atoms with E-state index in [0.717, 1.165) is 37.6 Å². The number of aromatic nitrogens is 4. The smallest absolute Gasteiger partial charge is 0.328 e. The topological polar surface area (TPSA) is 107 Å². The summed E-state index contributed by atoms with van der Waals surface area (Å²) in [7, 11) is -3.69. The van der Waals surface area contributed by atoms with Gasteiger partial charge in [-0.2, -0.15) is 0 Å². The number of carboxylic acid groups (broad SMARTS) is 1. The first-order valence-electron chi connectivity index (χ1n) is 11.0. The normalized spacial score (nSPS) is 15.6. The van der Waals surface area contributed by atoms with Gasteiger partial charge in [-0.3, -0.25) is 4.40 Å². The first kappa shape index (κ1) is 21.4. The van der Waals surface area contributed by atoms with E-state index in [1.54, 1.807) is 24.4 Å². The fourth-order valence-corrected chi connectivity index (χ4v) is 6.05. The molecule has 0 amide bonds. The molecule has 8 nitrogen and oxygen atoms in total. The van der Waals surface area contributed by atoms with Crippen LogP contribution in [0.2, 0.25) is 0 Å². The van der Waals surface area contributed by atoms with Crippen molar-refractivity contribution in [1.82, 2.24) is 18.3 Å². The lowest BCUT2D eigenvalue weighted by molar-refractivity contribution is -0.131. The Hall–Kier alpha value is -3.46. The molecule has 0 radical (unpaired) electrons. The Balaban J connectivity index is 1.67. The Bertz CT molecular complexity index is 1460. The number of fused-ring (bicyclic) bond motifs is 3. The first-order valence-corrected chi connectivity index (χ1v) is 12.6. The van der Waals surface area contributed by atoms with Crippen LogP contribution in [-0.2, 0) is 20.6 Å². The van der Waals surface area contributed by atoms with Crippen molar-refractivity contribution in [2.45, 2.75) is 43.8 Å². The molecule has 1 saturated carbocycles. The third kappa shape index (κ3) is 4.04. The highest BCUT2D eigenvalue weighted by molar-refractivity contribution is 7.89. The molecule has 0 saturated heterocycles. The van der Waals surface area contributed by atoms with Gasteiger partial charge in [-0.15, -0.1) is 0 Å². The van der Waals surface area contributed by atoms with E-state index in [1.165, 1.54) is 22.7 Å². The van der Waals surface area contributed by atoms with Gasteiger partial charge in [0, 0.05) is 18.2 Å². The average Bonchev–Trinajstić information content (AvgIpc) is 3.41. The Morgan fingerprint density at radius 3 is 2.58 bits per heavy atom. The molecule has 1 aromatic carbocycles. The van der Waals surface area contributed by atoms with Crippen LogP contribution in [0.3, 0.4) is 0 Å². The second kappa shape index (κ2) is 8.47. The predicted octanol–water partition coefficient (Wildman–Crippen LogP) is 4.21. The van der Waals surface area contributed by atoms with Crippen molar-refractivity contribution in [2.75, 3.05) is 0 Å². The van der Waals surface area contributed by atoms with Crippen LogP contribution in [0.5, 0.6) is 0 Å². The summed E-state index contributed by atoms with van der Waals surface area (Å²) in [6.07, 6.45) is 11.1. The van der Waals surface area contributed by atoms with E-state index in [2.05, 4.69) is 4.98 Å². The summed E-state index contributed by atoms with van der Waals surface area (Å²) in [6.45, 7) is 0. The summed E-state index contributed by atoms with van der Waals surface area (Å²) in [5, 5.41) is 9.08. The summed E-state index contributed by atoms with van der Waals surface area (Å²) in [5.41, 5.74) is 2.87. The molecule has 0 unspecified atom stereocenters. The fourth-order valence-electron chi connectivity index (χ4n) is 4.65. The number of benzene rings is 1. The average molecular weight is 465 g/mol. The number of aliphatic carboxylic acids is 1. The van der Waals surface area contributed by atoms with E-state index in [9.17, 15) is 13.2 Å². The molecule has 1 aliphatic carbocycles. The molecule has 1 aliphatic rings. The summed E-state index contributed by atoms with van der Waals surface area (Å²) in [5.74, 6) is -0.125. The van der Waals surface area contributed by atoms with Crippen LogP contribution in [0, 0.1) is 0 Å². The molecular weight excluding hydrogens is 440 g/mol. The summed E-state index contributed by atoms with van der Waals surface area (Å²) < 4.78 is 29.6. The molecule has 3 heterocycles. The van der Waals surface area contributed by atoms with E-state index >= 15 is 0 Å². The third-order valence-corrected chi connectivity index (χ3v) is 7.76. The number of hydrogen-bond acceptors (Lipinski definition) is 5. The minimum atomic E-state index is -3.69. The SMILES string of the molecule is O=C(O)/C=C/c1nc(C2CCCCC2)n2c1cnc1c2ccn1S(=O)(=O)Cc1ccccc1. The van der Waals surface area contributed by atoms with Gasteiger partial charge in [-0.05, 0) is 30.5 Å². The predicted molar refractivity (Wildman–Crippen MR) is 125 cm³/mol. The van der Waals surface area contributed by atoms with Crippen LogP contribution in [0.15, 0.2) is 54.9 Å². The zero-order valence-electron chi connectivity index (χ0n) is 18.0. The molecule has 0 bridgehead atoms. The second-order valence-corrected chi connectivity index (χ2v) is 10.2. The van der Waals surface area contributed by atoms with Gasteiger partial charge in [0.2, 0.25) is 10.0 Å². The van der Waals surface area contributed by atoms with Gasteiger partial charge in [-0.1, -0.05) is 49.6 Å². The van der Waals surface area contributed by atoms with E-state index in [1.807, 2.05) is 22.6 Å². The molecule has 5 rings (SSSR count). The third-order valence-electron chi connectivity index (χ3n) is 6.17. The second-order valence-electron chi connectivity index (χ2n) is 8.40. The minimum Gasteiger partial charge on any atom is -0.478 e. The Labute approximate surface area is 191 Å². The van der Waals surface area contributed by atoms with Gasteiger partial charge in [0.15, 0.2) is 5.65 Å². The van der Waals surface area contributed by atoms with Crippen molar-refractivity contribution in [2.24, 2.45) is 0 Å². The minimum absolute atomic E-state index is 0.136. The standard InChI is InChI=1S/C24H24N4O4S/c29-22(30)12-11-19-21-15-25-24-20(28(21)23(26-19)18-9-5-2-6-10-18)13-14-27(24)33(31,32)16-17-7-3-1-4-8-17/h1,3-4,7-8,11-15,18H,2,5-6,9-10,16H2,(H,29,30)/b12-11+. The van der Waals surface area contributed by atoms with Gasteiger partial charge in [-0.25, -0.2) is 27.2 Å². The van der Waals surface area contributed by atoms with Crippen LogP contribution in [-0.4, -0.2) is 37.8 Å². The Morgan fingerprint density at radius 1 is 1.09 bits per heavy atom. The summed E-state index contributed by atoms with van der Waals surface area (Å²) >= 11 is 0. The maximum Gasteiger partial charge on any atom is 0.328 e. The molecule has 33 heavy (non-hydrogen) atoms. The highest BCUT2D eigenvalue weighted by Crippen LogP contribution is 2.35. The molecule has 9 heteroatoms. The molecular formula is C24H24N4O4S. The Kier molecular flexibility index (Phi) is 5.49. The quantitative estimate of drug-likeness (QED) is 0.429.